The van der Waals surface area contributed by atoms with Crippen LogP contribution in [0.15, 0.2) is 103 Å². The maximum Gasteiger partial charge on any atom is 0.0991 e. The van der Waals surface area contributed by atoms with Gasteiger partial charge in [-0.1, -0.05) is 84.9 Å². The first-order valence-electron chi connectivity index (χ1n) is 8.60. The summed E-state index contributed by atoms with van der Waals surface area (Å²) in [6.45, 7) is 0. The fourth-order valence-corrected chi connectivity index (χ4v) is 3.22. The smallest absolute Gasteiger partial charge is 0.0991 e. The maximum atomic E-state index is 9.28. The van der Waals surface area contributed by atoms with Gasteiger partial charge in [0.05, 0.1) is 11.6 Å². The summed E-state index contributed by atoms with van der Waals surface area (Å²) in [5.74, 6) is 0. The van der Waals surface area contributed by atoms with Crippen molar-refractivity contribution in [2.75, 3.05) is 0 Å². The molecule has 0 aromatic heterocycles. The van der Waals surface area contributed by atoms with Crippen LogP contribution in [-0.2, 0) is 0 Å². The van der Waals surface area contributed by atoms with Crippen molar-refractivity contribution >= 4 is 0 Å². The number of hydrogen-bond donors (Lipinski definition) is 0. The van der Waals surface area contributed by atoms with E-state index in [4.69, 9.17) is 0 Å². The lowest BCUT2D eigenvalue weighted by Gasteiger charge is -2.13. The molecule has 0 aliphatic carbocycles. The topological polar surface area (TPSA) is 23.8 Å². The Morgan fingerprint density at radius 1 is 0.462 bits per heavy atom. The first-order chi connectivity index (χ1) is 12.8. The van der Waals surface area contributed by atoms with Gasteiger partial charge in [-0.3, -0.25) is 0 Å². The van der Waals surface area contributed by atoms with Gasteiger partial charge in [0.15, 0.2) is 0 Å². The van der Waals surface area contributed by atoms with Gasteiger partial charge in [0.1, 0.15) is 0 Å². The second kappa shape index (κ2) is 7.09. The molecule has 0 aliphatic rings. The highest BCUT2D eigenvalue weighted by atomic mass is 14.2. The van der Waals surface area contributed by atoms with Gasteiger partial charge in [0, 0.05) is 0 Å². The number of rotatable bonds is 3. The van der Waals surface area contributed by atoms with E-state index in [1.165, 1.54) is 22.3 Å². The van der Waals surface area contributed by atoms with Crippen molar-refractivity contribution in [1.29, 1.82) is 5.26 Å². The van der Waals surface area contributed by atoms with Crippen LogP contribution >= 0.6 is 0 Å². The van der Waals surface area contributed by atoms with Crippen molar-refractivity contribution in [3.63, 3.8) is 0 Å². The van der Waals surface area contributed by atoms with Crippen LogP contribution in [-0.4, -0.2) is 0 Å². The zero-order chi connectivity index (χ0) is 17.8. The summed E-state index contributed by atoms with van der Waals surface area (Å²) in [7, 11) is 0. The summed E-state index contributed by atoms with van der Waals surface area (Å²) in [5, 5.41) is 9.28. The summed E-state index contributed by atoms with van der Waals surface area (Å²) in [5.41, 5.74) is 7.55. The molecular formula is C25H17N. The van der Waals surface area contributed by atoms with Crippen molar-refractivity contribution in [2.24, 2.45) is 0 Å². The minimum atomic E-state index is 0.673. The van der Waals surface area contributed by atoms with Gasteiger partial charge >= 0.3 is 0 Å². The largest absolute Gasteiger partial charge is 0.192 e. The number of nitrogens with zero attached hydrogens (tertiary/aromatic N) is 1. The van der Waals surface area contributed by atoms with Gasteiger partial charge in [-0.25, -0.2) is 0 Å². The standard InChI is InChI=1S/C25H17N/c26-18-19-8-7-13-23(16-19)25-17-22(20-9-3-1-4-10-20)14-15-24(25)21-11-5-2-6-12-21/h1-17H. The molecule has 0 fully saturated rings. The van der Waals surface area contributed by atoms with E-state index in [1.54, 1.807) is 0 Å². The summed E-state index contributed by atoms with van der Waals surface area (Å²) < 4.78 is 0. The second-order valence-electron chi connectivity index (χ2n) is 6.19. The molecule has 0 saturated heterocycles. The van der Waals surface area contributed by atoms with Crippen LogP contribution in [0.1, 0.15) is 5.56 Å². The highest BCUT2D eigenvalue weighted by Gasteiger charge is 2.10. The van der Waals surface area contributed by atoms with Crippen molar-refractivity contribution in [2.45, 2.75) is 0 Å². The molecule has 0 bridgehead atoms. The average Bonchev–Trinajstić information content (AvgIpc) is 2.74. The molecule has 1 nitrogen and oxygen atoms in total. The molecule has 0 amide bonds. The molecule has 0 N–H and O–H groups in total. The van der Waals surface area contributed by atoms with Crippen LogP contribution in [0, 0.1) is 11.3 Å². The number of benzene rings is 4. The maximum absolute atomic E-state index is 9.28. The lowest BCUT2D eigenvalue weighted by Crippen LogP contribution is -1.88. The van der Waals surface area contributed by atoms with E-state index in [0.717, 1.165) is 11.1 Å². The van der Waals surface area contributed by atoms with Gasteiger partial charge in [0.25, 0.3) is 0 Å². The van der Waals surface area contributed by atoms with E-state index < -0.39 is 0 Å². The van der Waals surface area contributed by atoms with Crippen molar-refractivity contribution in [3.8, 4) is 39.4 Å². The third-order valence-corrected chi connectivity index (χ3v) is 4.51. The SMILES string of the molecule is N#Cc1cccc(-c2cc(-c3ccccc3)ccc2-c2ccccc2)c1. The molecule has 0 aliphatic heterocycles. The third-order valence-electron chi connectivity index (χ3n) is 4.51. The van der Waals surface area contributed by atoms with Gasteiger partial charge in [-0.05, 0) is 51.6 Å². The first-order valence-corrected chi connectivity index (χ1v) is 8.60. The second-order valence-corrected chi connectivity index (χ2v) is 6.19. The lowest BCUT2D eigenvalue weighted by molar-refractivity contribution is 1.48. The summed E-state index contributed by atoms with van der Waals surface area (Å²) in [6, 6.07) is 37.3. The molecule has 1 heteroatoms. The summed E-state index contributed by atoms with van der Waals surface area (Å²) in [6.07, 6.45) is 0. The number of hydrogen-bond acceptors (Lipinski definition) is 1. The Morgan fingerprint density at radius 2 is 1.12 bits per heavy atom. The quantitative estimate of drug-likeness (QED) is 0.417. The Balaban J connectivity index is 1.94. The Labute approximate surface area is 153 Å². The van der Waals surface area contributed by atoms with E-state index in [-0.39, 0.29) is 0 Å². The molecule has 4 aromatic carbocycles. The fraction of sp³-hybridized carbons (Fsp3) is 0. The average molecular weight is 331 g/mol. The fourth-order valence-electron chi connectivity index (χ4n) is 3.22. The Kier molecular flexibility index (Phi) is 4.33. The van der Waals surface area contributed by atoms with Gasteiger partial charge in [0.2, 0.25) is 0 Å². The molecule has 4 rings (SSSR count). The predicted molar refractivity (Wildman–Crippen MR) is 107 cm³/mol. The zero-order valence-electron chi connectivity index (χ0n) is 14.3. The molecule has 0 heterocycles. The van der Waals surface area contributed by atoms with Crippen molar-refractivity contribution in [1.82, 2.24) is 0 Å². The molecule has 4 aromatic rings. The zero-order valence-corrected chi connectivity index (χ0v) is 14.3. The van der Waals surface area contributed by atoms with Crippen molar-refractivity contribution < 1.29 is 0 Å². The molecular weight excluding hydrogens is 314 g/mol. The first kappa shape index (κ1) is 15.9. The van der Waals surface area contributed by atoms with E-state index in [2.05, 4.69) is 78.9 Å². The lowest BCUT2D eigenvalue weighted by atomic mass is 9.90. The molecule has 26 heavy (non-hydrogen) atoms. The summed E-state index contributed by atoms with van der Waals surface area (Å²) in [4.78, 5) is 0. The number of nitriles is 1. The van der Waals surface area contributed by atoms with Crippen LogP contribution in [0.5, 0.6) is 0 Å². The minimum Gasteiger partial charge on any atom is -0.192 e. The minimum absolute atomic E-state index is 0.673. The summed E-state index contributed by atoms with van der Waals surface area (Å²) >= 11 is 0. The van der Waals surface area contributed by atoms with Gasteiger partial charge in [-0.15, -0.1) is 0 Å². The molecule has 0 saturated carbocycles. The van der Waals surface area contributed by atoms with Crippen molar-refractivity contribution in [3.05, 3.63) is 109 Å². The molecule has 0 spiro atoms. The molecule has 0 radical (unpaired) electrons. The third kappa shape index (κ3) is 3.14. The van der Waals surface area contributed by atoms with E-state index in [1.807, 2.05) is 30.3 Å². The Bertz CT molecular complexity index is 1070. The highest BCUT2D eigenvalue weighted by molar-refractivity contribution is 5.87. The normalized spacial score (nSPS) is 10.3. The van der Waals surface area contributed by atoms with Crippen LogP contribution in [0.3, 0.4) is 0 Å². The van der Waals surface area contributed by atoms with E-state index in [0.29, 0.717) is 5.56 Å². The van der Waals surface area contributed by atoms with Gasteiger partial charge < -0.3 is 0 Å². The van der Waals surface area contributed by atoms with Crippen LogP contribution < -0.4 is 0 Å². The Hall–Kier alpha value is -3.63. The van der Waals surface area contributed by atoms with Crippen LogP contribution in [0.25, 0.3) is 33.4 Å². The highest BCUT2D eigenvalue weighted by Crippen LogP contribution is 2.35. The predicted octanol–water partition coefficient (Wildman–Crippen LogP) is 6.56. The Morgan fingerprint density at radius 3 is 1.81 bits per heavy atom. The van der Waals surface area contributed by atoms with Gasteiger partial charge in [-0.2, -0.15) is 5.26 Å². The molecule has 0 atom stereocenters. The van der Waals surface area contributed by atoms with E-state index in [9.17, 15) is 5.26 Å². The van der Waals surface area contributed by atoms with Crippen LogP contribution in [0.4, 0.5) is 0 Å². The molecule has 0 unspecified atom stereocenters. The van der Waals surface area contributed by atoms with Crippen LogP contribution in [0.2, 0.25) is 0 Å². The monoisotopic (exact) mass is 331 g/mol. The van der Waals surface area contributed by atoms with E-state index >= 15 is 0 Å². The molecule has 122 valence electrons.